The number of nitrogens with one attached hydrogen (secondary N) is 1. The van der Waals surface area contributed by atoms with Gasteiger partial charge in [0.2, 0.25) is 0 Å². The topological polar surface area (TPSA) is 24.4 Å². The summed E-state index contributed by atoms with van der Waals surface area (Å²) < 4.78 is 13.1. The van der Waals surface area contributed by atoms with Crippen LogP contribution in [0.5, 0.6) is 0 Å². The third kappa shape index (κ3) is 3.31. The zero-order valence-electron chi connectivity index (χ0n) is 13.2. The van der Waals surface area contributed by atoms with Crippen molar-refractivity contribution in [3.8, 4) is 0 Å². The van der Waals surface area contributed by atoms with Crippen LogP contribution in [-0.2, 0) is 0 Å². The number of para-hydroxylation sites is 1. The summed E-state index contributed by atoms with van der Waals surface area (Å²) in [6, 6.07) is 13.3. The Morgan fingerprint density at radius 1 is 1.17 bits per heavy atom. The van der Waals surface area contributed by atoms with Gasteiger partial charge < -0.3 is 5.32 Å². The van der Waals surface area contributed by atoms with E-state index >= 15 is 0 Å². The van der Waals surface area contributed by atoms with Gasteiger partial charge in [0, 0.05) is 21.8 Å². The quantitative estimate of drug-likeness (QED) is 0.634. The lowest BCUT2D eigenvalue weighted by Crippen LogP contribution is -2.04. The molecule has 1 heterocycles. The molecule has 3 rings (SSSR count). The molecular weight excluding hydrogens is 323 g/mol. The van der Waals surface area contributed by atoms with Gasteiger partial charge in [0.1, 0.15) is 0 Å². The fraction of sp³-hybridized carbons (Fsp3) is 0.0500. The highest BCUT2D eigenvalue weighted by molar-refractivity contribution is 6.31. The van der Waals surface area contributed by atoms with Crippen molar-refractivity contribution in [2.45, 2.75) is 6.92 Å². The molecule has 0 aromatic heterocycles. The number of rotatable bonds is 3. The first kappa shape index (κ1) is 16.2. The number of nitrogens with zero attached hydrogens (tertiary/aromatic N) is 1. The number of benzene rings is 2. The second kappa shape index (κ2) is 6.85. The Morgan fingerprint density at radius 2 is 1.96 bits per heavy atom. The summed E-state index contributed by atoms with van der Waals surface area (Å²) in [7, 11) is 0. The minimum absolute atomic E-state index is 0.279. The average molecular weight is 339 g/mol. The minimum atomic E-state index is -0.279. The highest BCUT2D eigenvalue weighted by atomic mass is 35.5. The number of hydrogen-bond acceptors (Lipinski definition) is 2. The average Bonchev–Trinajstić information content (AvgIpc) is 2.72. The van der Waals surface area contributed by atoms with Crippen molar-refractivity contribution in [1.29, 1.82) is 0 Å². The summed E-state index contributed by atoms with van der Waals surface area (Å²) in [6.07, 6.45) is 4.75. The summed E-state index contributed by atoms with van der Waals surface area (Å²) >= 11 is 6.11. The van der Waals surface area contributed by atoms with E-state index in [1.165, 1.54) is 13.0 Å². The SMILES string of the molecule is C=C/C(=C\C=C(/C)F)C1=Nc2cc(Cl)ccc2Nc2ccccc21. The molecule has 1 N–H and O–H groups in total. The highest BCUT2D eigenvalue weighted by Crippen LogP contribution is 2.37. The lowest BCUT2D eigenvalue weighted by atomic mass is 10.00. The molecule has 2 nitrogen and oxygen atoms in total. The van der Waals surface area contributed by atoms with Crippen molar-refractivity contribution in [3.63, 3.8) is 0 Å². The smallest absolute Gasteiger partial charge is 0.0968 e. The normalized spacial score (nSPS) is 14.0. The van der Waals surface area contributed by atoms with E-state index in [1.54, 1.807) is 18.2 Å². The van der Waals surface area contributed by atoms with Gasteiger partial charge >= 0.3 is 0 Å². The van der Waals surface area contributed by atoms with Crippen molar-refractivity contribution < 1.29 is 4.39 Å². The van der Waals surface area contributed by atoms with Crippen molar-refractivity contribution in [3.05, 3.63) is 89.3 Å². The second-order valence-electron chi connectivity index (χ2n) is 5.37. The van der Waals surface area contributed by atoms with E-state index in [2.05, 4.69) is 11.9 Å². The molecule has 1 aliphatic heterocycles. The number of halogens is 2. The van der Waals surface area contributed by atoms with Crippen molar-refractivity contribution in [1.82, 2.24) is 0 Å². The number of allylic oxidation sites excluding steroid dienone is 5. The maximum atomic E-state index is 13.1. The predicted octanol–water partition coefficient (Wildman–Crippen LogP) is 6.50. The van der Waals surface area contributed by atoms with Crippen LogP contribution in [0.3, 0.4) is 0 Å². The Balaban J connectivity index is 2.26. The minimum Gasteiger partial charge on any atom is -0.353 e. The maximum Gasteiger partial charge on any atom is 0.0968 e. The molecule has 2 aromatic rings. The van der Waals surface area contributed by atoms with Crippen LogP contribution in [0, 0.1) is 0 Å². The molecule has 0 saturated heterocycles. The van der Waals surface area contributed by atoms with Gasteiger partial charge in [-0.1, -0.05) is 48.5 Å². The first-order chi connectivity index (χ1) is 11.6. The van der Waals surface area contributed by atoms with Crippen LogP contribution in [0.15, 0.2) is 83.7 Å². The summed E-state index contributed by atoms with van der Waals surface area (Å²) in [4.78, 5) is 4.77. The van der Waals surface area contributed by atoms with E-state index in [0.29, 0.717) is 10.7 Å². The number of anilines is 2. The zero-order chi connectivity index (χ0) is 17.1. The summed E-state index contributed by atoms with van der Waals surface area (Å²) in [5, 5.41) is 3.98. The molecule has 120 valence electrons. The van der Waals surface area contributed by atoms with Crippen molar-refractivity contribution >= 4 is 34.4 Å². The van der Waals surface area contributed by atoms with Gasteiger partial charge in [0.05, 0.1) is 22.9 Å². The van der Waals surface area contributed by atoms with E-state index in [0.717, 1.165) is 28.2 Å². The Morgan fingerprint density at radius 3 is 2.71 bits per heavy atom. The third-order valence-electron chi connectivity index (χ3n) is 3.63. The summed E-state index contributed by atoms with van der Waals surface area (Å²) in [6.45, 7) is 5.24. The van der Waals surface area contributed by atoms with Crippen molar-refractivity contribution in [2.24, 2.45) is 4.99 Å². The van der Waals surface area contributed by atoms with Crippen LogP contribution in [0.1, 0.15) is 12.5 Å². The fourth-order valence-electron chi connectivity index (χ4n) is 2.50. The molecular formula is C20H16ClFN2. The molecule has 0 atom stereocenters. The molecule has 0 fully saturated rings. The van der Waals surface area contributed by atoms with Gasteiger partial charge in [-0.05, 0) is 37.3 Å². The van der Waals surface area contributed by atoms with Gasteiger partial charge in [0.25, 0.3) is 0 Å². The summed E-state index contributed by atoms with van der Waals surface area (Å²) in [5.41, 5.74) is 4.87. The van der Waals surface area contributed by atoms with Gasteiger partial charge in [-0.3, -0.25) is 0 Å². The molecule has 24 heavy (non-hydrogen) atoms. The number of aliphatic imine (C=N–C) groups is 1. The van der Waals surface area contributed by atoms with Crippen LogP contribution in [0.4, 0.5) is 21.5 Å². The van der Waals surface area contributed by atoms with Crippen LogP contribution in [0.2, 0.25) is 5.02 Å². The first-order valence-electron chi connectivity index (χ1n) is 7.50. The molecule has 4 heteroatoms. The van der Waals surface area contributed by atoms with Gasteiger partial charge in [-0.15, -0.1) is 0 Å². The van der Waals surface area contributed by atoms with Crippen LogP contribution >= 0.6 is 11.6 Å². The monoisotopic (exact) mass is 338 g/mol. The maximum absolute atomic E-state index is 13.1. The molecule has 0 aliphatic carbocycles. The number of hydrogen-bond donors (Lipinski definition) is 1. The van der Waals surface area contributed by atoms with Crippen molar-refractivity contribution in [2.75, 3.05) is 5.32 Å². The summed E-state index contributed by atoms with van der Waals surface area (Å²) in [5.74, 6) is -0.279. The van der Waals surface area contributed by atoms with E-state index < -0.39 is 0 Å². The molecule has 0 radical (unpaired) electrons. The zero-order valence-corrected chi connectivity index (χ0v) is 13.9. The molecule has 0 bridgehead atoms. The third-order valence-corrected chi connectivity index (χ3v) is 3.86. The van der Waals surface area contributed by atoms with Crippen LogP contribution < -0.4 is 5.32 Å². The fourth-order valence-corrected chi connectivity index (χ4v) is 2.66. The van der Waals surface area contributed by atoms with E-state index in [-0.39, 0.29) is 5.83 Å². The van der Waals surface area contributed by atoms with E-state index in [9.17, 15) is 4.39 Å². The molecule has 0 saturated carbocycles. The van der Waals surface area contributed by atoms with Gasteiger partial charge in [-0.2, -0.15) is 0 Å². The Kier molecular flexibility index (Phi) is 4.63. The molecule has 1 aliphatic rings. The number of fused-ring (bicyclic) bond motifs is 2. The molecule has 2 aromatic carbocycles. The molecule has 0 spiro atoms. The Hall–Kier alpha value is -2.65. The molecule has 0 amide bonds. The Bertz CT molecular complexity index is 890. The van der Waals surface area contributed by atoms with E-state index in [1.807, 2.05) is 36.4 Å². The van der Waals surface area contributed by atoms with Crippen LogP contribution in [-0.4, -0.2) is 5.71 Å². The lowest BCUT2D eigenvalue weighted by Gasteiger charge is -2.10. The van der Waals surface area contributed by atoms with E-state index in [4.69, 9.17) is 16.6 Å². The molecule has 0 unspecified atom stereocenters. The Labute approximate surface area is 145 Å². The van der Waals surface area contributed by atoms with Gasteiger partial charge in [0.15, 0.2) is 0 Å². The predicted molar refractivity (Wildman–Crippen MR) is 101 cm³/mol. The standard InChI is InChI=1S/C20H16ClFN2/c1-3-14(9-8-13(2)22)20-16-6-4-5-7-17(16)23-18-11-10-15(21)12-19(18)24-20/h3-12,23H,1H2,2H3/b13-8+,14-9+. The lowest BCUT2D eigenvalue weighted by molar-refractivity contribution is 0.640. The first-order valence-corrected chi connectivity index (χ1v) is 7.88. The second-order valence-corrected chi connectivity index (χ2v) is 5.81. The van der Waals surface area contributed by atoms with Gasteiger partial charge in [-0.25, -0.2) is 9.38 Å². The largest absolute Gasteiger partial charge is 0.353 e. The van der Waals surface area contributed by atoms with Crippen LogP contribution in [0.25, 0.3) is 0 Å². The highest BCUT2D eigenvalue weighted by Gasteiger charge is 2.17.